The summed E-state index contributed by atoms with van der Waals surface area (Å²) < 4.78 is 0. The largest absolute Gasteiger partial charge is 0.356 e. The number of nitrogens with one attached hydrogen (secondary N) is 2. The second-order valence-electron chi connectivity index (χ2n) is 7.78. The Morgan fingerprint density at radius 3 is 2.81 bits per heavy atom. The van der Waals surface area contributed by atoms with E-state index in [1.54, 1.807) is 11.3 Å². The first kappa shape index (κ1) is 19.4. The van der Waals surface area contributed by atoms with Crippen molar-refractivity contribution < 1.29 is 9.59 Å². The molecular weight excluding hydrogens is 346 g/mol. The first-order valence-corrected chi connectivity index (χ1v) is 10.8. The summed E-state index contributed by atoms with van der Waals surface area (Å²) in [5.74, 6) is 0.320. The summed E-state index contributed by atoms with van der Waals surface area (Å²) in [7, 11) is 0. The van der Waals surface area contributed by atoms with E-state index >= 15 is 0 Å². The first-order valence-electron chi connectivity index (χ1n) is 9.86. The average molecular weight is 378 g/mol. The Balaban J connectivity index is 1.50. The Morgan fingerprint density at radius 1 is 1.31 bits per heavy atom. The van der Waals surface area contributed by atoms with Crippen LogP contribution in [0.2, 0.25) is 0 Å². The Bertz CT molecular complexity index is 596. The molecule has 1 saturated carbocycles. The van der Waals surface area contributed by atoms with E-state index in [0.717, 1.165) is 38.9 Å². The zero-order valence-corrected chi connectivity index (χ0v) is 16.6. The van der Waals surface area contributed by atoms with Crippen molar-refractivity contribution >= 4 is 23.2 Å². The SMILES string of the molecule is CC(=O)NCCCCCC(=O)N(Cc1ccsc1)C1CC12CCNCC2. The number of thiophene rings is 1. The molecule has 2 amide bonds. The third-order valence-electron chi connectivity index (χ3n) is 5.82. The molecule has 1 aliphatic heterocycles. The van der Waals surface area contributed by atoms with Crippen LogP contribution in [0.5, 0.6) is 0 Å². The smallest absolute Gasteiger partial charge is 0.223 e. The highest BCUT2D eigenvalue weighted by molar-refractivity contribution is 7.07. The number of unbranched alkanes of at least 4 members (excludes halogenated alkanes) is 2. The van der Waals surface area contributed by atoms with Crippen LogP contribution in [0.4, 0.5) is 0 Å². The second kappa shape index (κ2) is 9.00. The van der Waals surface area contributed by atoms with Crippen LogP contribution >= 0.6 is 11.3 Å². The fourth-order valence-corrected chi connectivity index (χ4v) is 4.83. The lowest BCUT2D eigenvalue weighted by Crippen LogP contribution is -2.39. The first-order chi connectivity index (χ1) is 12.6. The molecule has 144 valence electrons. The molecule has 2 N–H and O–H groups in total. The van der Waals surface area contributed by atoms with Gasteiger partial charge in [0.15, 0.2) is 0 Å². The lowest BCUT2D eigenvalue weighted by Gasteiger charge is -2.29. The van der Waals surface area contributed by atoms with Crippen LogP contribution in [-0.4, -0.2) is 42.4 Å². The molecule has 3 rings (SSSR count). The van der Waals surface area contributed by atoms with Gasteiger partial charge in [-0.2, -0.15) is 11.3 Å². The third-order valence-corrected chi connectivity index (χ3v) is 6.55. The molecule has 1 aliphatic carbocycles. The van der Waals surface area contributed by atoms with Gasteiger partial charge in [-0.25, -0.2) is 0 Å². The summed E-state index contributed by atoms with van der Waals surface area (Å²) in [6.45, 7) is 5.17. The number of hydrogen-bond acceptors (Lipinski definition) is 4. The molecule has 1 unspecified atom stereocenters. The van der Waals surface area contributed by atoms with Gasteiger partial charge in [0.05, 0.1) is 0 Å². The van der Waals surface area contributed by atoms with E-state index in [9.17, 15) is 9.59 Å². The van der Waals surface area contributed by atoms with Gasteiger partial charge in [-0.05, 0) is 73.0 Å². The standard InChI is InChI=1S/C20H31N3O2S/c1-16(24)22-9-4-2-3-5-19(25)23(14-17-6-12-26-15-17)18-13-20(18)7-10-21-11-8-20/h6,12,15,18,21H,2-5,7-11,13-14H2,1H3,(H,22,24). The zero-order chi connectivity index (χ0) is 18.4. The summed E-state index contributed by atoms with van der Waals surface area (Å²) >= 11 is 1.70. The quantitative estimate of drug-likeness (QED) is 0.651. The van der Waals surface area contributed by atoms with Crippen molar-refractivity contribution in [3.8, 4) is 0 Å². The Labute approximate surface area is 160 Å². The predicted octanol–water partition coefficient (Wildman–Crippen LogP) is 2.92. The number of nitrogens with zero attached hydrogens (tertiary/aromatic N) is 1. The molecule has 0 radical (unpaired) electrons. The summed E-state index contributed by atoms with van der Waals surface area (Å²) in [5, 5.41) is 10.5. The Morgan fingerprint density at radius 2 is 2.12 bits per heavy atom. The highest BCUT2D eigenvalue weighted by Crippen LogP contribution is 2.56. The number of amides is 2. The van der Waals surface area contributed by atoms with E-state index in [1.165, 1.54) is 31.7 Å². The molecule has 1 atom stereocenters. The Hall–Kier alpha value is -1.40. The maximum Gasteiger partial charge on any atom is 0.223 e. The van der Waals surface area contributed by atoms with Crippen LogP contribution in [0.25, 0.3) is 0 Å². The molecule has 2 aliphatic rings. The fourth-order valence-electron chi connectivity index (χ4n) is 4.17. The van der Waals surface area contributed by atoms with E-state index in [2.05, 4.69) is 32.4 Å². The summed E-state index contributed by atoms with van der Waals surface area (Å²) in [5.41, 5.74) is 1.63. The van der Waals surface area contributed by atoms with Crippen molar-refractivity contribution in [2.75, 3.05) is 19.6 Å². The van der Waals surface area contributed by atoms with Gasteiger partial charge >= 0.3 is 0 Å². The molecule has 1 aromatic heterocycles. The number of piperidine rings is 1. The lowest BCUT2D eigenvalue weighted by molar-refractivity contribution is -0.133. The van der Waals surface area contributed by atoms with Gasteiger partial charge in [0.25, 0.3) is 0 Å². The van der Waals surface area contributed by atoms with E-state index in [0.29, 0.717) is 30.3 Å². The molecule has 5 nitrogen and oxygen atoms in total. The van der Waals surface area contributed by atoms with Gasteiger partial charge in [-0.15, -0.1) is 0 Å². The molecule has 6 heteroatoms. The monoisotopic (exact) mass is 377 g/mol. The molecule has 0 aromatic carbocycles. The highest BCUT2D eigenvalue weighted by atomic mass is 32.1. The van der Waals surface area contributed by atoms with E-state index < -0.39 is 0 Å². The molecule has 2 fully saturated rings. The molecular formula is C20H31N3O2S. The van der Waals surface area contributed by atoms with Crippen molar-refractivity contribution in [1.29, 1.82) is 0 Å². The van der Waals surface area contributed by atoms with E-state index in [1.807, 2.05) is 0 Å². The summed E-state index contributed by atoms with van der Waals surface area (Å²) in [6, 6.07) is 2.56. The minimum atomic E-state index is 0.0176. The lowest BCUT2D eigenvalue weighted by atomic mass is 9.93. The van der Waals surface area contributed by atoms with Gasteiger partial charge in [-0.3, -0.25) is 9.59 Å². The van der Waals surface area contributed by atoms with Gasteiger partial charge in [-0.1, -0.05) is 6.42 Å². The Kier molecular flexibility index (Phi) is 6.70. The molecule has 1 saturated heterocycles. The van der Waals surface area contributed by atoms with Crippen LogP contribution in [0.1, 0.15) is 57.4 Å². The number of hydrogen-bond donors (Lipinski definition) is 2. The van der Waals surface area contributed by atoms with Gasteiger partial charge in [0.1, 0.15) is 0 Å². The molecule has 2 heterocycles. The van der Waals surface area contributed by atoms with Crippen LogP contribution in [-0.2, 0) is 16.1 Å². The normalized spacial score (nSPS) is 20.7. The predicted molar refractivity (Wildman–Crippen MR) is 105 cm³/mol. The summed E-state index contributed by atoms with van der Waals surface area (Å²) in [6.07, 6.45) is 7.01. The maximum absolute atomic E-state index is 13.0. The van der Waals surface area contributed by atoms with E-state index in [4.69, 9.17) is 0 Å². The second-order valence-corrected chi connectivity index (χ2v) is 8.56. The molecule has 0 bridgehead atoms. The third kappa shape index (κ3) is 5.07. The van der Waals surface area contributed by atoms with Gasteiger partial charge in [0.2, 0.25) is 11.8 Å². The van der Waals surface area contributed by atoms with Gasteiger partial charge < -0.3 is 15.5 Å². The van der Waals surface area contributed by atoms with Crippen molar-refractivity contribution in [2.24, 2.45) is 5.41 Å². The van der Waals surface area contributed by atoms with Crippen LogP contribution in [0.3, 0.4) is 0 Å². The molecule has 26 heavy (non-hydrogen) atoms. The van der Waals surface area contributed by atoms with Crippen molar-refractivity contribution in [3.63, 3.8) is 0 Å². The van der Waals surface area contributed by atoms with Crippen LogP contribution in [0, 0.1) is 5.41 Å². The molecule has 1 spiro atoms. The van der Waals surface area contributed by atoms with Crippen molar-refractivity contribution in [1.82, 2.24) is 15.5 Å². The highest BCUT2D eigenvalue weighted by Gasteiger charge is 2.57. The summed E-state index contributed by atoms with van der Waals surface area (Å²) in [4.78, 5) is 26.0. The maximum atomic E-state index is 13.0. The topological polar surface area (TPSA) is 61.4 Å². The fraction of sp³-hybridized carbons (Fsp3) is 0.700. The van der Waals surface area contributed by atoms with Gasteiger partial charge in [0, 0.05) is 32.5 Å². The van der Waals surface area contributed by atoms with Crippen molar-refractivity contribution in [2.45, 2.75) is 64.5 Å². The molecule has 1 aromatic rings. The van der Waals surface area contributed by atoms with Crippen LogP contribution < -0.4 is 10.6 Å². The number of rotatable bonds is 9. The minimum Gasteiger partial charge on any atom is -0.356 e. The zero-order valence-electron chi connectivity index (χ0n) is 15.8. The van der Waals surface area contributed by atoms with E-state index in [-0.39, 0.29) is 5.91 Å². The minimum absolute atomic E-state index is 0.0176. The average Bonchev–Trinajstić information content (AvgIpc) is 3.06. The number of carbonyl (C=O) groups excluding carboxylic acids is 2. The van der Waals surface area contributed by atoms with Crippen LogP contribution in [0.15, 0.2) is 16.8 Å². The van der Waals surface area contributed by atoms with Crippen molar-refractivity contribution in [3.05, 3.63) is 22.4 Å². The number of carbonyl (C=O) groups is 2.